The number of fused-ring (bicyclic) bond motifs is 2. The largest absolute Gasteiger partial charge is 0.454 e. The Balaban J connectivity index is 1.45. The molecule has 1 aliphatic heterocycles. The Labute approximate surface area is 168 Å². The maximum atomic E-state index is 12.5. The van der Waals surface area contributed by atoms with Crippen molar-refractivity contribution >= 4 is 44.5 Å². The number of carbonyl (C=O) groups excluding carboxylic acids is 2. The smallest absolute Gasteiger partial charge is 0.375 e. The number of esters is 1. The van der Waals surface area contributed by atoms with Crippen molar-refractivity contribution in [2.45, 2.75) is 20.0 Å². The van der Waals surface area contributed by atoms with Crippen LogP contribution in [0.2, 0.25) is 0 Å². The lowest BCUT2D eigenvalue weighted by Crippen LogP contribution is -2.30. The fourth-order valence-corrected chi connectivity index (χ4v) is 3.23. The zero-order valence-electron chi connectivity index (χ0n) is 15.1. The molecule has 1 aromatic heterocycles. The molecule has 0 saturated carbocycles. The number of nitrogens with one attached hydrogen (secondary N) is 1. The van der Waals surface area contributed by atoms with Gasteiger partial charge >= 0.3 is 5.97 Å². The minimum atomic E-state index is -1.02. The second-order valence-corrected chi connectivity index (χ2v) is 7.22. The van der Waals surface area contributed by atoms with Crippen LogP contribution < -0.4 is 14.8 Å². The monoisotopic (exact) mass is 445 g/mol. The van der Waals surface area contributed by atoms with Gasteiger partial charge in [0.15, 0.2) is 17.6 Å². The molecule has 0 aliphatic carbocycles. The predicted octanol–water partition coefficient (Wildman–Crippen LogP) is 4.42. The van der Waals surface area contributed by atoms with E-state index in [1.165, 1.54) is 6.92 Å². The Bertz CT molecular complexity index is 1090. The lowest BCUT2D eigenvalue weighted by Gasteiger charge is -2.13. The van der Waals surface area contributed by atoms with Gasteiger partial charge in [-0.3, -0.25) is 4.79 Å². The molecule has 0 radical (unpaired) electrons. The highest BCUT2D eigenvalue weighted by Crippen LogP contribution is 2.34. The van der Waals surface area contributed by atoms with Gasteiger partial charge in [-0.25, -0.2) is 4.79 Å². The van der Waals surface area contributed by atoms with Crippen molar-refractivity contribution in [1.82, 2.24) is 0 Å². The molecule has 1 atom stereocenters. The summed E-state index contributed by atoms with van der Waals surface area (Å²) < 4.78 is 22.3. The van der Waals surface area contributed by atoms with E-state index >= 15 is 0 Å². The number of furan rings is 1. The van der Waals surface area contributed by atoms with Gasteiger partial charge in [-0.15, -0.1) is 0 Å². The predicted molar refractivity (Wildman–Crippen MR) is 105 cm³/mol. The highest BCUT2D eigenvalue weighted by Gasteiger charge is 2.25. The topological polar surface area (TPSA) is 87.0 Å². The second-order valence-electron chi connectivity index (χ2n) is 6.30. The first-order valence-electron chi connectivity index (χ1n) is 8.52. The molecular formula is C20H16BrNO6. The molecule has 8 heteroatoms. The van der Waals surface area contributed by atoms with Crippen LogP contribution in [0.1, 0.15) is 23.0 Å². The van der Waals surface area contributed by atoms with Crippen molar-refractivity contribution in [1.29, 1.82) is 0 Å². The molecular weight excluding hydrogens is 430 g/mol. The van der Waals surface area contributed by atoms with Crippen LogP contribution in [0.4, 0.5) is 5.69 Å². The summed E-state index contributed by atoms with van der Waals surface area (Å²) in [6.45, 7) is 3.41. The van der Waals surface area contributed by atoms with E-state index in [1.54, 1.807) is 31.2 Å². The number of hydrogen-bond donors (Lipinski definition) is 1. The van der Waals surface area contributed by atoms with Gasteiger partial charge in [-0.1, -0.05) is 15.9 Å². The lowest BCUT2D eigenvalue weighted by molar-refractivity contribution is -0.123. The van der Waals surface area contributed by atoms with E-state index in [4.69, 9.17) is 18.6 Å². The summed E-state index contributed by atoms with van der Waals surface area (Å²) in [5, 5.41) is 3.49. The Morgan fingerprint density at radius 3 is 2.75 bits per heavy atom. The van der Waals surface area contributed by atoms with E-state index in [1.807, 2.05) is 12.1 Å². The summed E-state index contributed by atoms with van der Waals surface area (Å²) in [6.07, 6.45) is -1.02. The number of aryl methyl sites for hydroxylation is 1. The third-order valence-electron chi connectivity index (χ3n) is 4.38. The van der Waals surface area contributed by atoms with Crippen LogP contribution in [0, 0.1) is 6.92 Å². The number of amides is 1. The zero-order valence-corrected chi connectivity index (χ0v) is 16.7. The summed E-state index contributed by atoms with van der Waals surface area (Å²) in [4.78, 5) is 24.9. The van der Waals surface area contributed by atoms with Gasteiger partial charge in [0.1, 0.15) is 5.58 Å². The van der Waals surface area contributed by atoms with Crippen molar-refractivity contribution in [2.75, 3.05) is 12.1 Å². The van der Waals surface area contributed by atoms with Crippen LogP contribution in [-0.2, 0) is 9.53 Å². The first kappa shape index (κ1) is 18.4. The normalized spacial score (nSPS) is 13.4. The fourth-order valence-electron chi connectivity index (χ4n) is 2.87. The summed E-state index contributed by atoms with van der Waals surface area (Å²) in [5.74, 6) is 0.0775. The molecule has 3 aromatic rings. The van der Waals surface area contributed by atoms with Crippen LogP contribution in [0.25, 0.3) is 11.0 Å². The van der Waals surface area contributed by atoms with Crippen molar-refractivity contribution < 1.29 is 28.2 Å². The molecule has 2 aromatic carbocycles. The summed E-state index contributed by atoms with van der Waals surface area (Å²) >= 11 is 3.39. The fraction of sp³-hybridized carbons (Fsp3) is 0.200. The molecule has 0 bridgehead atoms. The third kappa shape index (κ3) is 3.43. The number of ether oxygens (including phenoxy) is 3. The van der Waals surface area contributed by atoms with Crippen LogP contribution in [0.5, 0.6) is 11.5 Å². The van der Waals surface area contributed by atoms with E-state index in [9.17, 15) is 9.59 Å². The van der Waals surface area contributed by atoms with Gasteiger partial charge in [0, 0.05) is 27.2 Å². The summed E-state index contributed by atoms with van der Waals surface area (Å²) in [6, 6.07) is 10.5. The van der Waals surface area contributed by atoms with Gasteiger partial charge < -0.3 is 23.9 Å². The van der Waals surface area contributed by atoms with Crippen LogP contribution >= 0.6 is 15.9 Å². The average molecular weight is 446 g/mol. The number of benzene rings is 2. The van der Waals surface area contributed by atoms with Crippen molar-refractivity contribution in [3.63, 3.8) is 0 Å². The maximum Gasteiger partial charge on any atom is 0.375 e. The van der Waals surface area contributed by atoms with E-state index in [2.05, 4.69) is 21.2 Å². The summed E-state index contributed by atoms with van der Waals surface area (Å²) in [7, 11) is 0. The zero-order chi connectivity index (χ0) is 19.8. The van der Waals surface area contributed by atoms with Gasteiger partial charge in [0.05, 0.1) is 0 Å². The van der Waals surface area contributed by atoms with Crippen LogP contribution in [0.15, 0.2) is 45.3 Å². The van der Waals surface area contributed by atoms with Crippen molar-refractivity contribution in [2.24, 2.45) is 0 Å². The van der Waals surface area contributed by atoms with Gasteiger partial charge in [-0.2, -0.15) is 0 Å². The third-order valence-corrected chi connectivity index (χ3v) is 4.87. The SMILES string of the molecule is Cc1c(C(=O)O[C@@H](C)C(=O)Nc2ccc3c(c2)OCO3)oc2ccc(Br)cc12. The van der Waals surface area contributed by atoms with E-state index in [-0.39, 0.29) is 12.6 Å². The average Bonchev–Trinajstić information content (AvgIpc) is 3.26. The Morgan fingerprint density at radius 1 is 1.14 bits per heavy atom. The molecule has 144 valence electrons. The second kappa shape index (κ2) is 7.20. The van der Waals surface area contributed by atoms with Crippen LogP contribution in [-0.4, -0.2) is 24.8 Å². The van der Waals surface area contributed by atoms with Gasteiger partial charge in [-0.05, 0) is 44.2 Å². The minimum absolute atomic E-state index is 0.0795. The number of hydrogen-bond acceptors (Lipinski definition) is 6. The molecule has 0 spiro atoms. The van der Waals surface area contributed by atoms with Crippen LogP contribution in [0.3, 0.4) is 0 Å². The lowest BCUT2D eigenvalue weighted by atomic mass is 10.1. The minimum Gasteiger partial charge on any atom is -0.454 e. The standard InChI is InChI=1S/C20H16BrNO6/c1-10-14-7-12(21)3-5-15(14)28-18(10)20(24)27-11(2)19(23)22-13-4-6-16-17(8-13)26-9-25-16/h3-8,11H,9H2,1-2H3,(H,22,23)/t11-/m0/s1. The van der Waals surface area contributed by atoms with Crippen molar-refractivity contribution in [3.8, 4) is 11.5 Å². The van der Waals surface area contributed by atoms with E-state index in [0.717, 1.165) is 9.86 Å². The molecule has 28 heavy (non-hydrogen) atoms. The molecule has 4 rings (SSSR count). The van der Waals surface area contributed by atoms with E-state index in [0.29, 0.717) is 28.3 Å². The van der Waals surface area contributed by atoms with Crippen molar-refractivity contribution in [3.05, 3.63) is 52.2 Å². The number of anilines is 1. The Kier molecular flexibility index (Phi) is 4.72. The Hall–Kier alpha value is -3.00. The quantitative estimate of drug-likeness (QED) is 0.598. The number of rotatable bonds is 4. The van der Waals surface area contributed by atoms with Gasteiger partial charge in [0.25, 0.3) is 5.91 Å². The molecule has 0 fully saturated rings. The number of carbonyl (C=O) groups is 2. The first-order chi connectivity index (χ1) is 13.4. The maximum absolute atomic E-state index is 12.5. The molecule has 0 saturated heterocycles. The molecule has 1 amide bonds. The highest BCUT2D eigenvalue weighted by atomic mass is 79.9. The summed E-state index contributed by atoms with van der Waals surface area (Å²) in [5.41, 5.74) is 1.75. The molecule has 0 unspecified atom stereocenters. The molecule has 1 aliphatic rings. The van der Waals surface area contributed by atoms with E-state index < -0.39 is 18.0 Å². The molecule has 2 heterocycles. The molecule has 1 N–H and O–H groups in total. The number of halogens is 1. The molecule has 7 nitrogen and oxygen atoms in total. The highest BCUT2D eigenvalue weighted by molar-refractivity contribution is 9.10. The Morgan fingerprint density at radius 2 is 1.93 bits per heavy atom. The van der Waals surface area contributed by atoms with Gasteiger partial charge in [0.2, 0.25) is 12.6 Å². The first-order valence-corrected chi connectivity index (χ1v) is 9.32.